The molecule has 22 heavy (non-hydrogen) atoms. The number of hydrogen-bond donors (Lipinski definition) is 0. The average molecular weight is 306 g/mol. The number of carbonyl (C=O) groups excluding carboxylic acids is 1. The van der Waals surface area contributed by atoms with Crippen molar-refractivity contribution in [1.82, 2.24) is 9.88 Å². The van der Waals surface area contributed by atoms with Gasteiger partial charge in [0.25, 0.3) is 0 Å². The van der Waals surface area contributed by atoms with E-state index in [1.165, 1.54) is 6.08 Å². The van der Waals surface area contributed by atoms with Crippen LogP contribution in [-0.2, 0) is 19.0 Å². The third-order valence-corrected chi connectivity index (χ3v) is 3.84. The van der Waals surface area contributed by atoms with Gasteiger partial charge in [0.15, 0.2) is 0 Å². The summed E-state index contributed by atoms with van der Waals surface area (Å²) in [5, 5.41) is 0. The number of carbonyl (C=O) groups is 1. The predicted molar refractivity (Wildman–Crippen MR) is 82.2 cm³/mol. The summed E-state index contributed by atoms with van der Waals surface area (Å²) < 4.78 is 16.4. The zero-order chi connectivity index (χ0) is 15.9. The van der Waals surface area contributed by atoms with E-state index >= 15 is 0 Å². The molecule has 1 saturated heterocycles. The van der Waals surface area contributed by atoms with E-state index in [4.69, 9.17) is 14.2 Å². The standard InChI is InChI=1S/C16H22N2O4/c1-18(13-10-22-11-14(20-2)16(13)21-3)15(19)7-6-12-5-4-8-17-9-12/h4-9,13-14,16H,10-11H2,1-3H3/t13-,14-,16+/m1/s1. The van der Waals surface area contributed by atoms with Crippen molar-refractivity contribution in [3.05, 3.63) is 36.2 Å². The van der Waals surface area contributed by atoms with Crippen molar-refractivity contribution in [2.75, 3.05) is 34.5 Å². The summed E-state index contributed by atoms with van der Waals surface area (Å²) in [4.78, 5) is 18.0. The molecule has 1 amide bonds. The monoisotopic (exact) mass is 306 g/mol. The molecule has 0 aliphatic carbocycles. The lowest BCUT2D eigenvalue weighted by atomic mass is 10.0. The summed E-state index contributed by atoms with van der Waals surface area (Å²) in [6.45, 7) is 0.903. The molecule has 6 nitrogen and oxygen atoms in total. The van der Waals surface area contributed by atoms with E-state index in [9.17, 15) is 4.79 Å². The van der Waals surface area contributed by atoms with Crippen LogP contribution in [0.4, 0.5) is 0 Å². The highest BCUT2D eigenvalue weighted by Gasteiger charge is 2.38. The molecule has 0 bridgehead atoms. The molecule has 120 valence electrons. The van der Waals surface area contributed by atoms with Crippen LogP contribution >= 0.6 is 0 Å². The summed E-state index contributed by atoms with van der Waals surface area (Å²) in [6.07, 6.45) is 6.27. The first kappa shape index (κ1) is 16.6. The highest BCUT2D eigenvalue weighted by molar-refractivity contribution is 5.91. The second-order valence-electron chi connectivity index (χ2n) is 5.15. The Morgan fingerprint density at radius 3 is 2.86 bits per heavy atom. The van der Waals surface area contributed by atoms with Gasteiger partial charge in [0.1, 0.15) is 12.2 Å². The predicted octanol–water partition coefficient (Wildman–Crippen LogP) is 0.982. The SMILES string of the molecule is CO[C@H]1[C@H](N(C)C(=O)C=Cc2cccnc2)COC[C@H]1OC. The summed E-state index contributed by atoms with van der Waals surface area (Å²) in [6, 6.07) is 3.53. The minimum Gasteiger partial charge on any atom is -0.376 e. The lowest BCUT2D eigenvalue weighted by Crippen LogP contribution is -2.57. The molecule has 6 heteroatoms. The largest absolute Gasteiger partial charge is 0.376 e. The van der Waals surface area contributed by atoms with E-state index in [-0.39, 0.29) is 24.2 Å². The highest BCUT2D eigenvalue weighted by atomic mass is 16.6. The fourth-order valence-corrected chi connectivity index (χ4v) is 2.51. The number of methoxy groups -OCH3 is 2. The second-order valence-corrected chi connectivity index (χ2v) is 5.15. The van der Waals surface area contributed by atoms with Gasteiger partial charge in [-0.15, -0.1) is 0 Å². The van der Waals surface area contributed by atoms with E-state index < -0.39 is 0 Å². The van der Waals surface area contributed by atoms with Gasteiger partial charge >= 0.3 is 0 Å². The van der Waals surface area contributed by atoms with Crippen molar-refractivity contribution in [3.63, 3.8) is 0 Å². The van der Waals surface area contributed by atoms with Crippen LogP contribution in [0.15, 0.2) is 30.6 Å². The van der Waals surface area contributed by atoms with Crippen LogP contribution < -0.4 is 0 Å². The van der Waals surface area contributed by atoms with Gasteiger partial charge in [-0.25, -0.2) is 0 Å². The number of hydrogen-bond acceptors (Lipinski definition) is 5. The minimum absolute atomic E-state index is 0.115. The third kappa shape index (κ3) is 3.91. The molecule has 0 unspecified atom stereocenters. The quantitative estimate of drug-likeness (QED) is 0.759. The molecule has 0 saturated carbocycles. The van der Waals surface area contributed by atoms with Crippen molar-refractivity contribution in [1.29, 1.82) is 0 Å². The van der Waals surface area contributed by atoms with E-state index in [0.717, 1.165) is 5.56 Å². The highest BCUT2D eigenvalue weighted by Crippen LogP contribution is 2.19. The number of pyridine rings is 1. The Hall–Kier alpha value is -1.76. The van der Waals surface area contributed by atoms with Crippen molar-refractivity contribution in [2.45, 2.75) is 18.2 Å². The molecule has 2 heterocycles. The van der Waals surface area contributed by atoms with Crippen molar-refractivity contribution >= 4 is 12.0 Å². The van der Waals surface area contributed by atoms with Crippen LogP contribution in [0, 0.1) is 0 Å². The van der Waals surface area contributed by atoms with E-state index in [2.05, 4.69) is 4.98 Å². The Morgan fingerprint density at radius 1 is 1.41 bits per heavy atom. The first-order valence-corrected chi connectivity index (χ1v) is 7.15. The molecule has 0 radical (unpaired) electrons. The molecule has 1 aliphatic heterocycles. The fraction of sp³-hybridized carbons (Fsp3) is 0.500. The normalized spacial score (nSPS) is 25.3. The number of likely N-dealkylation sites (N-methyl/N-ethyl adjacent to an activating group) is 1. The maximum atomic E-state index is 12.3. The number of amides is 1. The summed E-state index contributed by atoms with van der Waals surface area (Å²) >= 11 is 0. The topological polar surface area (TPSA) is 60.9 Å². The van der Waals surface area contributed by atoms with Gasteiger partial charge in [0, 0.05) is 39.7 Å². The molecule has 3 atom stereocenters. The molecule has 2 rings (SSSR count). The van der Waals surface area contributed by atoms with Gasteiger partial charge in [0.05, 0.1) is 19.3 Å². The van der Waals surface area contributed by atoms with Gasteiger partial charge in [-0.1, -0.05) is 6.07 Å². The molecule has 0 N–H and O–H groups in total. The van der Waals surface area contributed by atoms with Crippen molar-refractivity contribution < 1.29 is 19.0 Å². The fourth-order valence-electron chi connectivity index (χ4n) is 2.51. The van der Waals surface area contributed by atoms with Crippen LogP contribution in [0.1, 0.15) is 5.56 Å². The Labute approximate surface area is 130 Å². The molecule has 1 aromatic heterocycles. The van der Waals surface area contributed by atoms with Crippen LogP contribution in [0.2, 0.25) is 0 Å². The van der Waals surface area contributed by atoms with Crippen molar-refractivity contribution in [2.24, 2.45) is 0 Å². The summed E-state index contributed by atoms with van der Waals surface area (Å²) in [5.41, 5.74) is 0.877. The number of aromatic nitrogens is 1. The van der Waals surface area contributed by atoms with Crippen LogP contribution in [0.5, 0.6) is 0 Å². The molecule has 0 aromatic carbocycles. The summed E-state index contributed by atoms with van der Waals surface area (Å²) in [7, 11) is 4.99. The lowest BCUT2D eigenvalue weighted by Gasteiger charge is -2.40. The van der Waals surface area contributed by atoms with Crippen molar-refractivity contribution in [3.8, 4) is 0 Å². The smallest absolute Gasteiger partial charge is 0.246 e. The third-order valence-electron chi connectivity index (χ3n) is 3.84. The molecule has 1 fully saturated rings. The first-order chi connectivity index (χ1) is 10.7. The van der Waals surface area contributed by atoms with Crippen LogP contribution in [-0.4, -0.2) is 68.5 Å². The minimum atomic E-state index is -0.209. The van der Waals surface area contributed by atoms with Crippen LogP contribution in [0.25, 0.3) is 6.08 Å². The second kappa shape index (κ2) is 8.03. The number of nitrogens with zero attached hydrogens (tertiary/aromatic N) is 2. The Balaban J connectivity index is 2.04. The summed E-state index contributed by atoms with van der Waals surface area (Å²) in [5.74, 6) is -0.115. The zero-order valence-electron chi connectivity index (χ0n) is 13.1. The molecule has 0 spiro atoms. The number of rotatable bonds is 5. The maximum absolute atomic E-state index is 12.3. The molecular formula is C16H22N2O4. The molecule has 1 aliphatic rings. The average Bonchev–Trinajstić information content (AvgIpc) is 2.59. The van der Waals surface area contributed by atoms with Gasteiger partial charge in [0.2, 0.25) is 5.91 Å². The lowest BCUT2D eigenvalue weighted by molar-refractivity contribution is -0.161. The van der Waals surface area contributed by atoms with E-state index in [0.29, 0.717) is 13.2 Å². The van der Waals surface area contributed by atoms with Gasteiger partial charge in [-0.2, -0.15) is 0 Å². The Kier molecular flexibility index (Phi) is 6.06. The Morgan fingerprint density at radius 2 is 2.23 bits per heavy atom. The van der Waals surface area contributed by atoms with Crippen LogP contribution in [0.3, 0.4) is 0 Å². The Bertz CT molecular complexity index is 506. The van der Waals surface area contributed by atoms with Gasteiger partial charge in [-0.3, -0.25) is 9.78 Å². The van der Waals surface area contributed by atoms with E-state index in [1.54, 1.807) is 44.6 Å². The zero-order valence-corrected chi connectivity index (χ0v) is 13.1. The van der Waals surface area contributed by atoms with E-state index in [1.807, 2.05) is 12.1 Å². The maximum Gasteiger partial charge on any atom is 0.246 e. The first-order valence-electron chi connectivity index (χ1n) is 7.15. The molecule has 1 aromatic rings. The van der Waals surface area contributed by atoms with Gasteiger partial charge < -0.3 is 19.1 Å². The molecular weight excluding hydrogens is 284 g/mol. The number of ether oxygens (including phenoxy) is 3. The van der Waals surface area contributed by atoms with Gasteiger partial charge in [-0.05, 0) is 17.7 Å².